The summed E-state index contributed by atoms with van der Waals surface area (Å²) in [6, 6.07) is 52.0. The maximum Gasteiger partial charge on any atom is 0.149 e. The highest BCUT2D eigenvalue weighted by Crippen LogP contribution is 2.45. The molecule has 0 aliphatic carbocycles. The van der Waals surface area contributed by atoms with Gasteiger partial charge in [-0.1, -0.05) is 137 Å². The van der Waals surface area contributed by atoms with Crippen molar-refractivity contribution in [2.45, 2.75) is 39.5 Å². The van der Waals surface area contributed by atoms with Gasteiger partial charge in [0.1, 0.15) is 17.0 Å². The quantitative estimate of drug-likeness (QED) is 0.180. The van der Waals surface area contributed by atoms with E-state index in [1.54, 1.807) is 0 Å². The van der Waals surface area contributed by atoms with Crippen molar-refractivity contribution in [1.29, 1.82) is 0 Å². The van der Waals surface area contributed by atoms with Gasteiger partial charge < -0.3 is 4.42 Å². The average molecular weight is 647 g/mol. The van der Waals surface area contributed by atoms with Crippen molar-refractivity contribution < 1.29 is 4.42 Å². The molecule has 0 amide bonds. The van der Waals surface area contributed by atoms with Crippen LogP contribution in [0.15, 0.2) is 150 Å². The van der Waals surface area contributed by atoms with Gasteiger partial charge in [-0.25, -0.2) is 4.98 Å². The number of hydrogen-bond acceptors (Lipinski definition) is 2. The van der Waals surface area contributed by atoms with Crippen LogP contribution >= 0.6 is 0 Å². The highest BCUT2D eigenvalue weighted by atomic mass is 16.3. The van der Waals surface area contributed by atoms with Crippen LogP contribution in [0.5, 0.6) is 0 Å². The number of aromatic nitrogens is 2. The van der Waals surface area contributed by atoms with Crippen LogP contribution in [0.4, 0.5) is 0 Å². The summed E-state index contributed by atoms with van der Waals surface area (Å²) in [6.07, 6.45) is 0. The molecule has 0 unspecified atom stereocenters. The monoisotopic (exact) mass is 646 g/mol. The van der Waals surface area contributed by atoms with E-state index >= 15 is 0 Å². The Balaban J connectivity index is 1.37. The van der Waals surface area contributed by atoms with Crippen molar-refractivity contribution in [2.75, 3.05) is 0 Å². The highest BCUT2D eigenvalue weighted by Gasteiger charge is 2.26. The van der Waals surface area contributed by atoms with Crippen LogP contribution in [0.1, 0.15) is 50.7 Å². The Hall–Kier alpha value is -5.93. The Kier molecular flexibility index (Phi) is 7.17. The maximum atomic E-state index is 6.97. The molecule has 3 heteroatoms. The number of para-hydroxylation sites is 3. The van der Waals surface area contributed by atoms with Crippen molar-refractivity contribution in [3.05, 3.63) is 157 Å². The van der Waals surface area contributed by atoms with Crippen LogP contribution in [0.25, 0.3) is 83.1 Å². The lowest BCUT2D eigenvalue weighted by Gasteiger charge is -2.24. The van der Waals surface area contributed by atoms with Gasteiger partial charge in [0.15, 0.2) is 0 Å². The third-order valence-corrected chi connectivity index (χ3v) is 10.1. The summed E-state index contributed by atoms with van der Waals surface area (Å²) in [5.74, 6) is 1.45. The predicted molar refractivity (Wildman–Crippen MR) is 210 cm³/mol. The first kappa shape index (κ1) is 30.2. The molecule has 242 valence electrons. The Morgan fingerprint density at radius 3 is 1.82 bits per heavy atom. The molecule has 0 N–H and O–H groups in total. The van der Waals surface area contributed by atoms with Crippen LogP contribution in [0.2, 0.25) is 0 Å². The van der Waals surface area contributed by atoms with Crippen LogP contribution in [-0.4, -0.2) is 9.55 Å². The topological polar surface area (TPSA) is 31.0 Å². The van der Waals surface area contributed by atoms with Gasteiger partial charge in [0.2, 0.25) is 0 Å². The molecule has 2 heterocycles. The van der Waals surface area contributed by atoms with E-state index in [2.05, 4.69) is 178 Å². The van der Waals surface area contributed by atoms with E-state index in [-0.39, 0.29) is 11.8 Å². The maximum absolute atomic E-state index is 6.97. The molecule has 0 aliphatic heterocycles. The minimum absolute atomic E-state index is 0.282. The summed E-state index contributed by atoms with van der Waals surface area (Å²) in [4.78, 5) is 5.39. The summed E-state index contributed by atoms with van der Waals surface area (Å²) in [6.45, 7) is 9.19. The van der Waals surface area contributed by atoms with E-state index in [0.717, 1.165) is 44.4 Å². The molecule has 0 atom stereocenters. The van der Waals surface area contributed by atoms with Crippen LogP contribution in [0, 0.1) is 0 Å². The number of fused-ring (bicyclic) bond motifs is 6. The van der Waals surface area contributed by atoms with Gasteiger partial charge in [-0.3, -0.25) is 4.57 Å². The molecule has 2 aromatic heterocycles. The molecule has 50 heavy (non-hydrogen) atoms. The zero-order valence-corrected chi connectivity index (χ0v) is 28.8. The summed E-state index contributed by atoms with van der Waals surface area (Å²) < 4.78 is 9.38. The average Bonchev–Trinajstić information content (AvgIpc) is 3.73. The van der Waals surface area contributed by atoms with Crippen molar-refractivity contribution >= 4 is 43.7 Å². The Labute approximate surface area is 292 Å². The minimum Gasteiger partial charge on any atom is -0.455 e. The minimum atomic E-state index is 0.282. The fourth-order valence-electron chi connectivity index (χ4n) is 7.74. The fourth-order valence-corrected chi connectivity index (χ4v) is 7.74. The number of furan rings is 1. The Morgan fingerprint density at radius 2 is 1.12 bits per heavy atom. The fraction of sp³-hybridized carbons (Fsp3) is 0.128. The van der Waals surface area contributed by atoms with E-state index < -0.39 is 0 Å². The lowest BCUT2D eigenvalue weighted by Crippen LogP contribution is -2.09. The van der Waals surface area contributed by atoms with Crippen molar-refractivity contribution in [3.63, 3.8) is 0 Å². The smallest absolute Gasteiger partial charge is 0.149 e. The molecule has 0 saturated carbocycles. The molecule has 0 saturated heterocycles. The van der Waals surface area contributed by atoms with Crippen LogP contribution < -0.4 is 0 Å². The molecule has 0 aliphatic rings. The van der Waals surface area contributed by atoms with Gasteiger partial charge in [0, 0.05) is 10.8 Å². The zero-order chi connectivity index (χ0) is 33.9. The number of nitrogens with zero attached hydrogens (tertiary/aromatic N) is 2. The van der Waals surface area contributed by atoms with Crippen LogP contribution in [0.3, 0.4) is 0 Å². The number of rotatable bonds is 6. The Morgan fingerprint density at radius 1 is 0.520 bits per heavy atom. The number of benzene rings is 7. The second-order valence-electron chi connectivity index (χ2n) is 13.9. The van der Waals surface area contributed by atoms with Crippen molar-refractivity contribution in [2.24, 2.45) is 0 Å². The van der Waals surface area contributed by atoms with Gasteiger partial charge in [0.25, 0.3) is 0 Å². The second kappa shape index (κ2) is 11.9. The highest BCUT2D eigenvalue weighted by molar-refractivity contribution is 6.23. The molecule has 9 rings (SSSR count). The predicted octanol–water partition coefficient (Wildman–Crippen LogP) is 13.3. The van der Waals surface area contributed by atoms with Gasteiger partial charge in [-0.15, -0.1) is 0 Å². The molecule has 3 nitrogen and oxygen atoms in total. The third kappa shape index (κ3) is 4.76. The molecular weight excluding hydrogens is 609 g/mol. The molecule has 9 aromatic rings. The molecule has 0 radical (unpaired) electrons. The lowest BCUT2D eigenvalue weighted by molar-refractivity contribution is 0.670. The van der Waals surface area contributed by atoms with Gasteiger partial charge in [-0.2, -0.15) is 0 Å². The Bertz CT molecular complexity index is 2670. The van der Waals surface area contributed by atoms with E-state index in [0.29, 0.717) is 0 Å². The first-order valence-electron chi connectivity index (χ1n) is 17.6. The van der Waals surface area contributed by atoms with E-state index in [1.807, 2.05) is 0 Å². The molecule has 7 aromatic carbocycles. The number of hydrogen-bond donors (Lipinski definition) is 0. The van der Waals surface area contributed by atoms with Gasteiger partial charge in [-0.05, 0) is 92.4 Å². The second-order valence-corrected chi connectivity index (χ2v) is 13.9. The summed E-state index contributed by atoms with van der Waals surface area (Å²) in [5.41, 5.74) is 13.4. The lowest BCUT2D eigenvalue weighted by atomic mass is 9.88. The van der Waals surface area contributed by atoms with Crippen molar-refractivity contribution in [3.8, 4) is 39.3 Å². The molecule has 0 bridgehead atoms. The SMILES string of the molecule is CC(C)c1cc(-c2ccccc2)cc(C(C)C)c1-n1c(-c2cccc3c2oc2cc(-c4ccccc4)c4ccccc4c23)nc2ccccc21. The van der Waals surface area contributed by atoms with E-state index in [1.165, 1.54) is 49.8 Å². The largest absolute Gasteiger partial charge is 0.455 e. The summed E-state index contributed by atoms with van der Waals surface area (Å²) in [5, 5.41) is 4.64. The summed E-state index contributed by atoms with van der Waals surface area (Å²) in [7, 11) is 0. The molecular formula is C47H38N2O. The first-order valence-corrected chi connectivity index (χ1v) is 17.6. The van der Waals surface area contributed by atoms with Gasteiger partial charge in [0.05, 0.1) is 22.3 Å². The van der Waals surface area contributed by atoms with E-state index in [9.17, 15) is 0 Å². The number of imidazole rings is 1. The van der Waals surface area contributed by atoms with E-state index in [4.69, 9.17) is 9.40 Å². The normalized spacial score (nSPS) is 12.0. The third-order valence-electron chi connectivity index (χ3n) is 10.1. The molecule has 0 spiro atoms. The standard InChI is InChI=1S/C47H38N2O/c1-29(2)38-26-33(31-16-7-5-8-17-31)27-39(30(3)4)45(38)49-42-25-14-13-24-41(42)48-47(49)37-23-15-22-36-44-35-21-12-11-20-34(35)40(28-43(44)50-46(36)37)32-18-9-6-10-19-32/h5-30H,1-4H3. The van der Waals surface area contributed by atoms with Gasteiger partial charge >= 0.3 is 0 Å². The first-order chi connectivity index (χ1) is 24.5. The van der Waals surface area contributed by atoms with Crippen LogP contribution in [-0.2, 0) is 0 Å². The van der Waals surface area contributed by atoms with Crippen molar-refractivity contribution in [1.82, 2.24) is 9.55 Å². The molecule has 0 fully saturated rings. The summed E-state index contributed by atoms with van der Waals surface area (Å²) >= 11 is 0. The zero-order valence-electron chi connectivity index (χ0n) is 28.8.